The SMILES string of the molecule is CC1CN(C(=O)c2ccc(C=Cc3n[nH]c4ccccc34)cc2)CC(C)N1. The Hall–Kier alpha value is -2.92. The molecule has 1 aromatic heterocycles. The molecule has 2 unspecified atom stereocenters. The molecule has 0 saturated carbocycles. The van der Waals surface area contributed by atoms with Crippen LogP contribution in [0.15, 0.2) is 48.5 Å². The maximum atomic E-state index is 12.8. The third-order valence-corrected chi connectivity index (χ3v) is 4.94. The van der Waals surface area contributed by atoms with Gasteiger partial charge >= 0.3 is 0 Å². The number of nitrogens with zero attached hydrogens (tertiary/aromatic N) is 2. The number of para-hydroxylation sites is 1. The quantitative estimate of drug-likeness (QED) is 0.751. The van der Waals surface area contributed by atoms with Gasteiger partial charge in [-0.1, -0.05) is 36.4 Å². The van der Waals surface area contributed by atoms with E-state index in [1.165, 1.54) is 0 Å². The average molecular weight is 360 g/mol. The van der Waals surface area contributed by atoms with Gasteiger partial charge in [-0.2, -0.15) is 5.10 Å². The monoisotopic (exact) mass is 360 g/mol. The molecule has 138 valence electrons. The lowest BCUT2D eigenvalue weighted by atomic mass is 10.1. The lowest BCUT2D eigenvalue weighted by Gasteiger charge is -2.36. The van der Waals surface area contributed by atoms with Crippen LogP contribution in [0, 0.1) is 0 Å². The van der Waals surface area contributed by atoms with Crippen molar-refractivity contribution in [3.8, 4) is 0 Å². The molecule has 4 rings (SSSR count). The Morgan fingerprint density at radius 2 is 1.74 bits per heavy atom. The first-order valence-electron chi connectivity index (χ1n) is 9.37. The zero-order valence-corrected chi connectivity index (χ0v) is 15.6. The second-order valence-corrected chi connectivity index (χ2v) is 7.29. The van der Waals surface area contributed by atoms with Crippen molar-refractivity contribution in [1.82, 2.24) is 20.4 Å². The summed E-state index contributed by atoms with van der Waals surface area (Å²) in [5.41, 5.74) is 3.71. The number of hydrogen-bond donors (Lipinski definition) is 2. The van der Waals surface area contributed by atoms with Gasteiger partial charge in [0.2, 0.25) is 0 Å². The highest BCUT2D eigenvalue weighted by molar-refractivity contribution is 5.95. The Kier molecular flexibility index (Phi) is 4.77. The molecule has 3 aromatic rings. The molecule has 2 heterocycles. The van der Waals surface area contributed by atoms with Gasteiger partial charge in [0.15, 0.2) is 0 Å². The minimum absolute atomic E-state index is 0.101. The number of H-pyrrole nitrogens is 1. The van der Waals surface area contributed by atoms with E-state index in [9.17, 15) is 4.79 Å². The number of nitrogens with one attached hydrogen (secondary N) is 2. The smallest absolute Gasteiger partial charge is 0.253 e. The first kappa shape index (κ1) is 17.5. The lowest BCUT2D eigenvalue weighted by Crippen LogP contribution is -2.55. The Morgan fingerprint density at radius 3 is 2.48 bits per heavy atom. The van der Waals surface area contributed by atoms with Gasteiger partial charge in [0.25, 0.3) is 5.91 Å². The molecular formula is C22H24N4O. The number of amides is 1. The maximum absolute atomic E-state index is 12.8. The van der Waals surface area contributed by atoms with Crippen LogP contribution in [0.1, 0.15) is 35.5 Å². The molecule has 2 atom stereocenters. The lowest BCUT2D eigenvalue weighted by molar-refractivity contribution is 0.0674. The normalized spacial score (nSPS) is 20.4. The Balaban J connectivity index is 1.48. The van der Waals surface area contributed by atoms with Crippen LogP contribution >= 0.6 is 0 Å². The highest BCUT2D eigenvalue weighted by Gasteiger charge is 2.25. The van der Waals surface area contributed by atoms with Gasteiger partial charge in [0.05, 0.1) is 11.2 Å². The summed E-state index contributed by atoms with van der Waals surface area (Å²) in [6, 6.07) is 16.5. The molecular weight excluding hydrogens is 336 g/mol. The summed E-state index contributed by atoms with van der Waals surface area (Å²) in [5, 5.41) is 11.9. The Morgan fingerprint density at radius 1 is 1.04 bits per heavy atom. The fourth-order valence-electron chi connectivity index (χ4n) is 3.70. The van der Waals surface area contributed by atoms with Gasteiger partial charge in [-0.3, -0.25) is 9.89 Å². The van der Waals surface area contributed by atoms with E-state index < -0.39 is 0 Å². The van der Waals surface area contributed by atoms with Crippen LogP contribution in [0.4, 0.5) is 0 Å². The van der Waals surface area contributed by atoms with Crippen molar-refractivity contribution in [2.75, 3.05) is 13.1 Å². The summed E-state index contributed by atoms with van der Waals surface area (Å²) >= 11 is 0. The van der Waals surface area contributed by atoms with Gasteiger partial charge in [0, 0.05) is 36.1 Å². The summed E-state index contributed by atoms with van der Waals surface area (Å²) in [4.78, 5) is 14.7. The van der Waals surface area contributed by atoms with E-state index in [1.54, 1.807) is 0 Å². The van der Waals surface area contributed by atoms with E-state index in [0.29, 0.717) is 12.1 Å². The number of fused-ring (bicyclic) bond motifs is 1. The van der Waals surface area contributed by atoms with E-state index in [2.05, 4.69) is 35.4 Å². The molecule has 0 bridgehead atoms. The predicted octanol–water partition coefficient (Wildman–Crippen LogP) is 3.56. The summed E-state index contributed by atoms with van der Waals surface area (Å²) < 4.78 is 0. The van der Waals surface area contributed by atoms with Crippen molar-refractivity contribution in [3.05, 3.63) is 65.4 Å². The molecule has 2 aromatic carbocycles. The van der Waals surface area contributed by atoms with Crippen molar-refractivity contribution in [3.63, 3.8) is 0 Å². The molecule has 0 spiro atoms. The molecule has 1 amide bonds. The molecule has 1 aliphatic heterocycles. The van der Waals surface area contributed by atoms with E-state index in [4.69, 9.17) is 0 Å². The molecule has 1 aliphatic rings. The predicted molar refractivity (Wildman–Crippen MR) is 109 cm³/mol. The van der Waals surface area contributed by atoms with Crippen LogP contribution in [-0.4, -0.2) is 46.2 Å². The van der Waals surface area contributed by atoms with E-state index in [-0.39, 0.29) is 5.91 Å². The zero-order chi connectivity index (χ0) is 18.8. The molecule has 5 heteroatoms. The number of carbonyl (C=O) groups is 1. The average Bonchev–Trinajstić information content (AvgIpc) is 3.09. The molecule has 1 saturated heterocycles. The molecule has 0 radical (unpaired) electrons. The Labute approximate surface area is 159 Å². The molecule has 2 N–H and O–H groups in total. The van der Waals surface area contributed by atoms with Crippen LogP contribution in [0.2, 0.25) is 0 Å². The second-order valence-electron chi connectivity index (χ2n) is 7.29. The van der Waals surface area contributed by atoms with Crippen molar-refractivity contribution >= 4 is 29.0 Å². The van der Waals surface area contributed by atoms with Crippen LogP contribution in [-0.2, 0) is 0 Å². The fourth-order valence-corrected chi connectivity index (χ4v) is 3.70. The van der Waals surface area contributed by atoms with Crippen molar-refractivity contribution in [2.45, 2.75) is 25.9 Å². The third kappa shape index (κ3) is 3.78. The minimum atomic E-state index is 0.101. The summed E-state index contributed by atoms with van der Waals surface area (Å²) in [7, 11) is 0. The van der Waals surface area contributed by atoms with Gasteiger partial charge in [0.1, 0.15) is 0 Å². The number of rotatable bonds is 3. The van der Waals surface area contributed by atoms with Crippen molar-refractivity contribution in [1.29, 1.82) is 0 Å². The first-order chi connectivity index (χ1) is 13.1. The topological polar surface area (TPSA) is 61.0 Å². The number of aromatic amines is 1. The number of piperazine rings is 1. The number of benzene rings is 2. The number of hydrogen-bond acceptors (Lipinski definition) is 3. The minimum Gasteiger partial charge on any atom is -0.336 e. The second kappa shape index (κ2) is 7.37. The standard InChI is InChI=1S/C22H24N4O/c1-15-13-26(14-16(2)23-15)22(27)18-10-7-17(8-11-18)9-12-21-19-5-3-4-6-20(19)24-25-21/h3-12,15-16,23H,13-14H2,1-2H3,(H,24,25). The van der Waals surface area contributed by atoms with Gasteiger partial charge < -0.3 is 10.2 Å². The maximum Gasteiger partial charge on any atom is 0.253 e. The largest absolute Gasteiger partial charge is 0.336 e. The molecule has 5 nitrogen and oxygen atoms in total. The van der Waals surface area contributed by atoms with Crippen LogP contribution in [0.3, 0.4) is 0 Å². The van der Waals surface area contributed by atoms with E-state index in [1.807, 2.05) is 59.5 Å². The third-order valence-electron chi connectivity index (χ3n) is 4.94. The summed E-state index contributed by atoms with van der Waals surface area (Å²) in [5.74, 6) is 0.101. The van der Waals surface area contributed by atoms with E-state index >= 15 is 0 Å². The van der Waals surface area contributed by atoms with Crippen molar-refractivity contribution in [2.24, 2.45) is 0 Å². The van der Waals surface area contributed by atoms with Crippen LogP contribution in [0.25, 0.3) is 23.1 Å². The Bertz CT molecular complexity index is 963. The number of carbonyl (C=O) groups excluding carboxylic acids is 1. The molecule has 27 heavy (non-hydrogen) atoms. The number of aromatic nitrogens is 2. The van der Waals surface area contributed by atoms with E-state index in [0.717, 1.165) is 40.8 Å². The highest BCUT2D eigenvalue weighted by atomic mass is 16.2. The van der Waals surface area contributed by atoms with Gasteiger partial charge in [-0.25, -0.2) is 0 Å². The van der Waals surface area contributed by atoms with Crippen LogP contribution in [0.5, 0.6) is 0 Å². The first-order valence-corrected chi connectivity index (χ1v) is 9.37. The van der Waals surface area contributed by atoms with Gasteiger partial charge in [-0.05, 0) is 43.7 Å². The van der Waals surface area contributed by atoms with Gasteiger partial charge in [-0.15, -0.1) is 0 Å². The van der Waals surface area contributed by atoms with Crippen LogP contribution < -0.4 is 5.32 Å². The summed E-state index contributed by atoms with van der Waals surface area (Å²) in [6.07, 6.45) is 4.02. The highest BCUT2D eigenvalue weighted by Crippen LogP contribution is 2.18. The zero-order valence-electron chi connectivity index (χ0n) is 15.6. The fraction of sp³-hybridized carbons (Fsp3) is 0.273. The molecule has 1 fully saturated rings. The molecule has 0 aliphatic carbocycles. The summed E-state index contributed by atoms with van der Waals surface area (Å²) in [6.45, 7) is 5.72. The van der Waals surface area contributed by atoms with Crippen molar-refractivity contribution < 1.29 is 4.79 Å².